The van der Waals surface area contributed by atoms with Gasteiger partial charge in [-0.1, -0.05) is 6.07 Å². The van der Waals surface area contributed by atoms with Gasteiger partial charge in [0.25, 0.3) is 11.4 Å². The van der Waals surface area contributed by atoms with Crippen molar-refractivity contribution in [3.8, 4) is 11.5 Å². The molecule has 0 spiro atoms. The molecule has 11 heteroatoms. The maximum absolute atomic E-state index is 11.2. The number of anilines is 1. The first-order valence-corrected chi connectivity index (χ1v) is 6.36. The van der Waals surface area contributed by atoms with Gasteiger partial charge >= 0.3 is 11.4 Å². The summed E-state index contributed by atoms with van der Waals surface area (Å²) in [6, 6.07) is 5.68. The van der Waals surface area contributed by atoms with E-state index in [1.54, 1.807) is 13.0 Å². The van der Waals surface area contributed by atoms with Crippen LogP contribution in [0.25, 0.3) is 0 Å². The number of nitrogen functional groups attached to an aromatic ring is 1. The molecule has 0 fully saturated rings. The monoisotopic (exact) mass is 334 g/mol. The van der Waals surface area contributed by atoms with E-state index in [0.29, 0.717) is 23.4 Å². The Morgan fingerprint density at radius 1 is 0.958 bits per heavy atom. The third-order valence-corrected chi connectivity index (χ3v) is 3.18. The highest BCUT2D eigenvalue weighted by molar-refractivity contribution is 5.67. The van der Waals surface area contributed by atoms with Gasteiger partial charge in [-0.3, -0.25) is 30.3 Å². The van der Waals surface area contributed by atoms with E-state index in [0.717, 1.165) is 0 Å². The summed E-state index contributed by atoms with van der Waals surface area (Å²) in [4.78, 5) is 30.2. The minimum Gasteiger partial charge on any atom is -0.444 e. The van der Waals surface area contributed by atoms with Gasteiger partial charge in [0.05, 0.1) is 26.9 Å². The van der Waals surface area contributed by atoms with Crippen LogP contribution < -0.4 is 10.5 Å². The lowest BCUT2D eigenvalue weighted by atomic mass is 10.2. The summed E-state index contributed by atoms with van der Waals surface area (Å²) in [6.45, 7) is 1.56. The molecule has 0 amide bonds. The van der Waals surface area contributed by atoms with Crippen LogP contribution in [0.5, 0.6) is 11.5 Å². The summed E-state index contributed by atoms with van der Waals surface area (Å²) in [5, 5.41) is 33.2. The van der Waals surface area contributed by atoms with Gasteiger partial charge < -0.3 is 10.5 Å². The molecule has 0 heterocycles. The molecule has 0 aliphatic carbocycles. The smallest absolute Gasteiger partial charge is 0.325 e. The third kappa shape index (κ3) is 3.04. The number of ether oxygens (including phenoxy) is 1. The van der Waals surface area contributed by atoms with E-state index in [2.05, 4.69) is 0 Å². The highest BCUT2D eigenvalue weighted by Gasteiger charge is 2.33. The molecule has 0 aliphatic rings. The van der Waals surface area contributed by atoms with Crippen molar-refractivity contribution < 1.29 is 19.5 Å². The molecule has 24 heavy (non-hydrogen) atoms. The van der Waals surface area contributed by atoms with Gasteiger partial charge in [-0.25, -0.2) is 0 Å². The number of nitro groups is 3. The van der Waals surface area contributed by atoms with Crippen molar-refractivity contribution in [1.82, 2.24) is 0 Å². The quantitative estimate of drug-likeness (QED) is 0.494. The van der Waals surface area contributed by atoms with Crippen LogP contribution in [0, 0.1) is 37.3 Å². The second kappa shape index (κ2) is 6.16. The van der Waals surface area contributed by atoms with E-state index in [-0.39, 0.29) is 5.75 Å². The van der Waals surface area contributed by atoms with E-state index < -0.39 is 37.6 Å². The van der Waals surface area contributed by atoms with Gasteiger partial charge in [-0.05, 0) is 19.1 Å². The number of benzene rings is 2. The van der Waals surface area contributed by atoms with Crippen molar-refractivity contribution in [2.45, 2.75) is 6.92 Å². The summed E-state index contributed by atoms with van der Waals surface area (Å²) in [5.74, 6) is -0.639. The fraction of sp³-hybridized carbons (Fsp3) is 0.0769. The van der Waals surface area contributed by atoms with Crippen molar-refractivity contribution in [3.05, 3.63) is 66.2 Å². The lowest BCUT2D eigenvalue weighted by molar-refractivity contribution is -0.404. The molecule has 0 atom stereocenters. The number of hydrogen-bond donors (Lipinski definition) is 1. The van der Waals surface area contributed by atoms with Crippen molar-refractivity contribution in [3.63, 3.8) is 0 Å². The first-order valence-electron chi connectivity index (χ1n) is 6.36. The Morgan fingerprint density at radius 3 is 1.96 bits per heavy atom. The fourth-order valence-electron chi connectivity index (χ4n) is 1.92. The topological polar surface area (TPSA) is 165 Å². The summed E-state index contributed by atoms with van der Waals surface area (Å²) in [7, 11) is 0. The van der Waals surface area contributed by atoms with Crippen molar-refractivity contribution in [1.29, 1.82) is 0 Å². The van der Waals surface area contributed by atoms with Crippen molar-refractivity contribution in [2.75, 3.05) is 5.73 Å². The van der Waals surface area contributed by atoms with Crippen LogP contribution in [0.1, 0.15) is 5.56 Å². The fourth-order valence-corrected chi connectivity index (χ4v) is 1.92. The van der Waals surface area contributed by atoms with Gasteiger partial charge in [-0.15, -0.1) is 0 Å². The lowest BCUT2D eigenvalue weighted by Crippen LogP contribution is -2.02. The molecule has 0 bridgehead atoms. The number of nitro benzene ring substituents is 3. The first kappa shape index (κ1) is 16.6. The maximum Gasteiger partial charge on any atom is 0.325 e. The third-order valence-electron chi connectivity index (χ3n) is 3.18. The molecule has 11 nitrogen and oxygen atoms in total. The molecule has 0 saturated carbocycles. The van der Waals surface area contributed by atoms with Crippen LogP contribution in [0.4, 0.5) is 22.7 Å². The van der Waals surface area contributed by atoms with Crippen LogP contribution in [0.2, 0.25) is 0 Å². The Kier molecular flexibility index (Phi) is 4.26. The average molecular weight is 334 g/mol. The summed E-state index contributed by atoms with van der Waals surface area (Å²) < 4.78 is 5.32. The molecule has 0 saturated heterocycles. The Morgan fingerprint density at radius 2 is 1.50 bits per heavy atom. The SMILES string of the molecule is Cc1c(N)cccc1Oc1c([N+](=O)[O-])cc([N+](=O)[O-])cc1[N+](=O)[O-]. The summed E-state index contributed by atoms with van der Waals surface area (Å²) in [5.41, 5.74) is 3.86. The Balaban J connectivity index is 2.71. The molecule has 0 aliphatic heterocycles. The Labute approximate surface area is 133 Å². The number of rotatable bonds is 5. The molecule has 2 aromatic carbocycles. The molecule has 0 radical (unpaired) electrons. The predicted octanol–water partition coefficient (Wildman–Crippen LogP) is 3.09. The minimum absolute atomic E-state index is 0.0649. The van der Waals surface area contributed by atoms with Crippen LogP contribution in [-0.2, 0) is 0 Å². The standard InChI is InChI=1S/C13H10N4O7/c1-7-9(14)3-2-4-12(7)24-13-10(16(20)21)5-8(15(18)19)6-11(13)17(22)23/h2-6H,14H2,1H3. The van der Waals surface area contributed by atoms with E-state index >= 15 is 0 Å². The number of non-ortho nitro benzene ring substituents is 1. The Hall–Kier alpha value is -3.76. The van der Waals surface area contributed by atoms with Crippen LogP contribution in [0.15, 0.2) is 30.3 Å². The van der Waals surface area contributed by atoms with Gasteiger partial charge in [0.1, 0.15) is 5.75 Å². The minimum atomic E-state index is -0.989. The molecule has 2 N–H and O–H groups in total. The molecule has 124 valence electrons. The van der Waals surface area contributed by atoms with E-state index in [9.17, 15) is 30.3 Å². The van der Waals surface area contributed by atoms with Crippen molar-refractivity contribution in [2.24, 2.45) is 0 Å². The highest BCUT2D eigenvalue weighted by Crippen LogP contribution is 2.43. The molecular formula is C13H10N4O7. The van der Waals surface area contributed by atoms with Crippen LogP contribution >= 0.6 is 0 Å². The first-order chi connectivity index (χ1) is 11.2. The maximum atomic E-state index is 11.2. The molecule has 0 aromatic heterocycles. The Bertz CT molecular complexity index is 830. The molecule has 2 rings (SSSR count). The predicted molar refractivity (Wildman–Crippen MR) is 82.1 cm³/mol. The second-order valence-electron chi connectivity index (χ2n) is 4.66. The van der Waals surface area contributed by atoms with Gasteiger partial charge in [0.15, 0.2) is 0 Å². The second-order valence-corrected chi connectivity index (χ2v) is 4.66. The van der Waals surface area contributed by atoms with E-state index in [1.807, 2.05) is 0 Å². The zero-order valence-electron chi connectivity index (χ0n) is 12.2. The van der Waals surface area contributed by atoms with E-state index in [1.165, 1.54) is 12.1 Å². The van der Waals surface area contributed by atoms with Gasteiger partial charge in [0, 0.05) is 11.3 Å². The van der Waals surface area contributed by atoms with Crippen LogP contribution in [-0.4, -0.2) is 14.8 Å². The molecule has 0 unspecified atom stereocenters. The van der Waals surface area contributed by atoms with Crippen LogP contribution in [0.3, 0.4) is 0 Å². The lowest BCUT2D eigenvalue weighted by Gasteiger charge is -2.10. The average Bonchev–Trinajstić information content (AvgIpc) is 2.51. The number of nitrogens with two attached hydrogens (primary N) is 1. The number of hydrogen-bond acceptors (Lipinski definition) is 8. The largest absolute Gasteiger partial charge is 0.444 e. The van der Waals surface area contributed by atoms with Crippen molar-refractivity contribution >= 4 is 22.7 Å². The highest BCUT2D eigenvalue weighted by atomic mass is 16.6. The molecule has 2 aromatic rings. The zero-order chi connectivity index (χ0) is 18.0. The normalized spacial score (nSPS) is 10.2. The van der Waals surface area contributed by atoms with Gasteiger partial charge in [0.2, 0.25) is 0 Å². The zero-order valence-corrected chi connectivity index (χ0v) is 12.2. The van der Waals surface area contributed by atoms with Gasteiger partial charge in [-0.2, -0.15) is 0 Å². The number of nitrogens with zero attached hydrogens (tertiary/aromatic N) is 3. The molecular weight excluding hydrogens is 324 g/mol. The van der Waals surface area contributed by atoms with E-state index in [4.69, 9.17) is 10.5 Å². The summed E-state index contributed by atoms with van der Waals surface area (Å²) >= 11 is 0. The summed E-state index contributed by atoms with van der Waals surface area (Å²) in [6.07, 6.45) is 0.